The van der Waals surface area contributed by atoms with Crippen LogP contribution in [0.4, 0.5) is 0 Å². The Balaban J connectivity index is 1.50. The molecule has 1 aliphatic carbocycles. The first-order chi connectivity index (χ1) is 15.0. The minimum absolute atomic E-state index is 0.236. The zero-order valence-corrected chi connectivity index (χ0v) is 18.8. The Labute approximate surface area is 194 Å². The van der Waals surface area contributed by atoms with Gasteiger partial charge < -0.3 is 9.47 Å². The number of hydrogen-bond acceptors (Lipinski definition) is 4. The number of carbonyl (C=O) groups is 1. The number of nitrogens with zero attached hydrogens (tertiary/aromatic N) is 1. The van der Waals surface area contributed by atoms with Crippen LogP contribution >= 0.6 is 27.5 Å². The molecule has 1 aliphatic rings. The molecule has 0 amide bonds. The van der Waals surface area contributed by atoms with Gasteiger partial charge in [0.1, 0.15) is 17.6 Å². The lowest BCUT2D eigenvalue weighted by Crippen LogP contribution is -2.20. The van der Waals surface area contributed by atoms with E-state index in [1.807, 2.05) is 36.4 Å². The summed E-state index contributed by atoms with van der Waals surface area (Å²) in [5.74, 6) is 0.681. The van der Waals surface area contributed by atoms with E-state index in [0.717, 1.165) is 22.9 Å². The Hall–Kier alpha value is -2.81. The van der Waals surface area contributed by atoms with Gasteiger partial charge in [-0.05, 0) is 72.9 Å². The highest BCUT2D eigenvalue weighted by atomic mass is 79.9. The highest BCUT2D eigenvalue weighted by Gasteiger charge is 2.39. The van der Waals surface area contributed by atoms with Gasteiger partial charge in [0.2, 0.25) is 6.10 Å². The Kier molecular flexibility index (Phi) is 6.60. The molecule has 0 aromatic heterocycles. The van der Waals surface area contributed by atoms with Crippen molar-refractivity contribution in [2.24, 2.45) is 5.92 Å². The minimum atomic E-state index is -1.02. The Bertz CT molecular complexity index is 1100. The zero-order valence-electron chi connectivity index (χ0n) is 16.5. The summed E-state index contributed by atoms with van der Waals surface area (Å²) >= 11 is 9.38. The van der Waals surface area contributed by atoms with E-state index in [1.54, 1.807) is 36.4 Å². The van der Waals surface area contributed by atoms with Crippen molar-refractivity contribution < 1.29 is 14.3 Å². The van der Waals surface area contributed by atoms with Gasteiger partial charge in [-0.2, -0.15) is 5.26 Å². The van der Waals surface area contributed by atoms with Crippen LogP contribution in [0.25, 0.3) is 0 Å². The second-order valence-corrected chi connectivity index (χ2v) is 8.79. The molecule has 0 bridgehead atoms. The lowest BCUT2D eigenvalue weighted by atomic mass is 9.94. The summed E-state index contributed by atoms with van der Waals surface area (Å²) in [6.45, 7) is 0. The predicted molar refractivity (Wildman–Crippen MR) is 122 cm³/mol. The first-order valence-corrected chi connectivity index (χ1v) is 11.1. The van der Waals surface area contributed by atoms with Crippen molar-refractivity contribution in [1.29, 1.82) is 5.26 Å². The number of ether oxygens (including phenoxy) is 2. The highest BCUT2D eigenvalue weighted by Crippen LogP contribution is 2.44. The number of halogens is 2. The van der Waals surface area contributed by atoms with Crippen molar-refractivity contribution in [3.63, 3.8) is 0 Å². The lowest BCUT2D eigenvalue weighted by Gasteiger charge is -2.19. The molecule has 0 radical (unpaired) electrons. The van der Waals surface area contributed by atoms with Gasteiger partial charge >= 0.3 is 5.97 Å². The van der Waals surface area contributed by atoms with Crippen molar-refractivity contribution in [1.82, 2.24) is 0 Å². The summed E-state index contributed by atoms with van der Waals surface area (Å²) in [7, 11) is 0. The Morgan fingerprint density at radius 3 is 2.35 bits per heavy atom. The summed E-state index contributed by atoms with van der Waals surface area (Å²) in [6, 6.07) is 23.8. The zero-order chi connectivity index (χ0) is 21.8. The maximum atomic E-state index is 13.0. The van der Waals surface area contributed by atoms with E-state index in [1.165, 1.54) is 0 Å². The summed E-state index contributed by atoms with van der Waals surface area (Å²) in [5, 5.41) is 10.3. The second-order valence-electron chi connectivity index (χ2n) is 7.44. The van der Waals surface area contributed by atoms with Gasteiger partial charge in [0.25, 0.3) is 0 Å². The van der Waals surface area contributed by atoms with E-state index in [-0.39, 0.29) is 5.92 Å². The largest absolute Gasteiger partial charge is 0.457 e. The van der Waals surface area contributed by atoms with E-state index in [2.05, 4.69) is 22.0 Å². The molecule has 4 rings (SSSR count). The van der Waals surface area contributed by atoms with E-state index in [9.17, 15) is 10.1 Å². The third-order valence-electron chi connectivity index (χ3n) is 5.14. The quantitative estimate of drug-likeness (QED) is 0.325. The lowest BCUT2D eigenvalue weighted by molar-refractivity contribution is -0.149. The van der Waals surface area contributed by atoms with Gasteiger partial charge in [0.15, 0.2) is 0 Å². The van der Waals surface area contributed by atoms with Crippen LogP contribution in [0.1, 0.15) is 36.0 Å². The van der Waals surface area contributed by atoms with Crippen molar-refractivity contribution in [2.45, 2.75) is 24.9 Å². The van der Waals surface area contributed by atoms with E-state index in [4.69, 9.17) is 21.1 Å². The van der Waals surface area contributed by atoms with Gasteiger partial charge in [0, 0.05) is 15.1 Å². The normalized spacial score (nSPS) is 14.9. The van der Waals surface area contributed by atoms with Crippen LogP contribution in [0.15, 0.2) is 77.3 Å². The maximum absolute atomic E-state index is 13.0. The molecule has 31 heavy (non-hydrogen) atoms. The molecule has 1 saturated carbocycles. The molecule has 2 atom stereocenters. The average molecular weight is 497 g/mol. The third kappa shape index (κ3) is 5.46. The Morgan fingerprint density at radius 1 is 1.00 bits per heavy atom. The van der Waals surface area contributed by atoms with E-state index in [0.29, 0.717) is 22.1 Å². The van der Waals surface area contributed by atoms with Crippen molar-refractivity contribution >= 4 is 33.5 Å². The summed E-state index contributed by atoms with van der Waals surface area (Å²) in [6.07, 6.45) is 0.918. The van der Waals surface area contributed by atoms with Crippen molar-refractivity contribution in [3.8, 4) is 17.6 Å². The molecular weight excluding hydrogens is 478 g/mol. The monoisotopic (exact) mass is 495 g/mol. The van der Waals surface area contributed by atoms with Gasteiger partial charge in [0.05, 0.1) is 5.92 Å². The molecule has 0 spiro atoms. The molecule has 4 nitrogen and oxygen atoms in total. The fourth-order valence-corrected chi connectivity index (χ4v) is 3.83. The van der Waals surface area contributed by atoms with Crippen molar-refractivity contribution in [2.75, 3.05) is 0 Å². The smallest absolute Gasteiger partial charge is 0.315 e. The van der Waals surface area contributed by atoms with Crippen LogP contribution in [0.5, 0.6) is 11.5 Å². The first-order valence-electron chi connectivity index (χ1n) is 9.92. The predicted octanol–water partition coefficient (Wildman–Crippen LogP) is 7.20. The molecule has 3 aromatic rings. The van der Waals surface area contributed by atoms with Gasteiger partial charge in [-0.3, -0.25) is 4.79 Å². The Morgan fingerprint density at radius 2 is 1.71 bits per heavy atom. The summed E-state index contributed by atoms with van der Waals surface area (Å²) in [4.78, 5) is 13.0. The fraction of sp³-hybridized carbons (Fsp3) is 0.200. The molecule has 0 saturated heterocycles. The minimum Gasteiger partial charge on any atom is -0.457 e. The second kappa shape index (κ2) is 9.55. The molecule has 6 heteroatoms. The van der Waals surface area contributed by atoms with Crippen molar-refractivity contribution in [3.05, 3.63) is 93.4 Å². The van der Waals surface area contributed by atoms with Crippen LogP contribution in [0, 0.1) is 17.2 Å². The van der Waals surface area contributed by atoms with E-state index >= 15 is 0 Å². The number of nitriles is 1. The van der Waals surface area contributed by atoms with Gasteiger partial charge in [-0.15, -0.1) is 0 Å². The fourth-order valence-electron chi connectivity index (χ4n) is 3.44. The van der Waals surface area contributed by atoms with Gasteiger partial charge in [-0.1, -0.05) is 51.8 Å². The third-order valence-corrected chi connectivity index (χ3v) is 5.92. The molecule has 156 valence electrons. The highest BCUT2D eigenvalue weighted by molar-refractivity contribution is 9.10. The van der Waals surface area contributed by atoms with Crippen LogP contribution in [-0.4, -0.2) is 5.97 Å². The molecule has 0 aliphatic heterocycles. The molecule has 3 aromatic carbocycles. The number of rotatable bonds is 7. The summed E-state index contributed by atoms with van der Waals surface area (Å²) < 4.78 is 12.5. The maximum Gasteiger partial charge on any atom is 0.315 e. The first kappa shape index (κ1) is 21.4. The average Bonchev–Trinajstić information content (AvgIpc) is 3.60. The van der Waals surface area contributed by atoms with Crippen LogP contribution < -0.4 is 4.74 Å². The molecular formula is C25H19BrClNO3. The van der Waals surface area contributed by atoms with Crippen LogP contribution in [0.3, 0.4) is 0 Å². The number of esters is 1. The molecule has 0 N–H and O–H groups in total. The van der Waals surface area contributed by atoms with Crippen LogP contribution in [-0.2, 0) is 9.53 Å². The number of hydrogen-bond donors (Lipinski definition) is 0. The van der Waals surface area contributed by atoms with Gasteiger partial charge in [-0.25, -0.2) is 0 Å². The molecule has 0 heterocycles. The standard InChI is InChI=1S/C25H19BrClNO3/c26-19-8-12-21(13-9-19)30-22-3-1-2-18(14-22)23(15-28)31-25(29)24(16-4-5-16)17-6-10-20(27)11-7-17/h1-3,6-14,16,23-24H,4-5H2. The topological polar surface area (TPSA) is 59.3 Å². The van der Waals surface area contributed by atoms with Crippen LogP contribution in [0.2, 0.25) is 5.02 Å². The van der Waals surface area contributed by atoms with E-state index < -0.39 is 18.0 Å². The number of benzene rings is 3. The molecule has 1 fully saturated rings. The SMILES string of the molecule is N#CC(OC(=O)C(c1ccc(Cl)cc1)C1CC1)c1cccc(Oc2ccc(Br)cc2)c1. The molecule has 2 unspecified atom stereocenters. The number of carbonyl (C=O) groups excluding carboxylic acids is 1. The summed E-state index contributed by atoms with van der Waals surface area (Å²) in [5.41, 5.74) is 1.43.